The van der Waals surface area contributed by atoms with E-state index >= 15 is 0 Å². The molecular formula is C24H30N2O5. The topological polar surface area (TPSA) is 92.8 Å². The van der Waals surface area contributed by atoms with Crippen molar-refractivity contribution < 1.29 is 23.9 Å². The van der Waals surface area contributed by atoms with Crippen LogP contribution in [-0.2, 0) is 36.8 Å². The highest BCUT2D eigenvalue weighted by Crippen LogP contribution is 2.56. The number of aryl methyl sites for hydroxylation is 2. The minimum Gasteiger partial charge on any atom is -0.454 e. The van der Waals surface area contributed by atoms with Crippen molar-refractivity contribution in [1.82, 2.24) is 4.90 Å². The first-order chi connectivity index (χ1) is 14.9. The van der Waals surface area contributed by atoms with Gasteiger partial charge < -0.3 is 10.1 Å². The van der Waals surface area contributed by atoms with E-state index in [1.807, 2.05) is 32.0 Å². The van der Waals surface area contributed by atoms with Crippen LogP contribution in [0.2, 0.25) is 0 Å². The van der Waals surface area contributed by atoms with Gasteiger partial charge in [-0.15, -0.1) is 0 Å². The molecule has 0 spiro atoms. The third-order valence-electron chi connectivity index (χ3n) is 7.30. The fourth-order valence-corrected chi connectivity index (χ4v) is 5.75. The number of fused-ring (bicyclic) bond motifs is 5. The highest BCUT2D eigenvalue weighted by Gasteiger charge is 2.62. The molecule has 1 N–H and O–H groups in total. The number of carbonyl (C=O) groups is 4. The van der Waals surface area contributed by atoms with Gasteiger partial charge in [-0.2, -0.15) is 0 Å². The third kappa shape index (κ3) is 3.64. The highest BCUT2D eigenvalue weighted by molar-refractivity contribution is 6.08. The maximum Gasteiger partial charge on any atom is 0.329 e. The van der Waals surface area contributed by atoms with Gasteiger partial charge in [-0.25, -0.2) is 4.79 Å². The molecule has 2 saturated carbocycles. The Kier molecular flexibility index (Phi) is 5.86. The molecular weight excluding hydrogens is 396 g/mol. The molecule has 4 rings (SSSR count). The van der Waals surface area contributed by atoms with Crippen LogP contribution in [-0.4, -0.2) is 41.2 Å². The van der Waals surface area contributed by atoms with Gasteiger partial charge in [0, 0.05) is 5.69 Å². The van der Waals surface area contributed by atoms with E-state index in [9.17, 15) is 19.2 Å². The average Bonchev–Trinajstić information content (AvgIpc) is 3.45. The molecule has 3 fully saturated rings. The lowest BCUT2D eigenvalue weighted by molar-refractivity contribution is -0.159. The summed E-state index contributed by atoms with van der Waals surface area (Å²) in [6.07, 6.45) is 4.44. The number of carbonyl (C=O) groups excluding carboxylic acids is 4. The Morgan fingerprint density at radius 1 is 1.06 bits per heavy atom. The molecule has 3 amide bonds. The van der Waals surface area contributed by atoms with Gasteiger partial charge in [0.15, 0.2) is 6.61 Å². The molecule has 3 aliphatic rings. The first kappa shape index (κ1) is 21.5. The van der Waals surface area contributed by atoms with E-state index in [0.717, 1.165) is 53.8 Å². The molecule has 31 heavy (non-hydrogen) atoms. The van der Waals surface area contributed by atoms with Crippen molar-refractivity contribution in [1.29, 1.82) is 0 Å². The van der Waals surface area contributed by atoms with Crippen LogP contribution in [0.15, 0.2) is 18.2 Å². The molecule has 1 aromatic rings. The molecule has 0 unspecified atom stereocenters. The predicted molar refractivity (Wildman–Crippen MR) is 114 cm³/mol. The number of imide groups is 1. The van der Waals surface area contributed by atoms with E-state index in [1.165, 1.54) is 6.92 Å². The number of esters is 1. The molecule has 0 radical (unpaired) electrons. The number of hydrogen-bond donors (Lipinski definition) is 1. The van der Waals surface area contributed by atoms with Crippen LogP contribution in [0, 0.1) is 23.7 Å². The van der Waals surface area contributed by atoms with Crippen molar-refractivity contribution in [2.75, 3.05) is 11.9 Å². The Balaban J connectivity index is 1.37. The molecule has 1 heterocycles. The second kappa shape index (κ2) is 8.44. The van der Waals surface area contributed by atoms with Crippen LogP contribution in [0.5, 0.6) is 0 Å². The molecule has 5 atom stereocenters. The van der Waals surface area contributed by atoms with Crippen LogP contribution in [0.1, 0.15) is 51.2 Å². The van der Waals surface area contributed by atoms with E-state index < -0.39 is 24.5 Å². The summed E-state index contributed by atoms with van der Waals surface area (Å²) in [7, 11) is 0. The lowest BCUT2D eigenvalue weighted by Gasteiger charge is -2.23. The van der Waals surface area contributed by atoms with Crippen LogP contribution in [0.4, 0.5) is 5.69 Å². The molecule has 0 aromatic heterocycles. The summed E-state index contributed by atoms with van der Waals surface area (Å²) in [6.45, 7) is 5.06. The zero-order valence-corrected chi connectivity index (χ0v) is 18.3. The van der Waals surface area contributed by atoms with Gasteiger partial charge in [-0.3, -0.25) is 19.3 Å². The molecule has 2 bridgehead atoms. The number of para-hydroxylation sites is 1. The van der Waals surface area contributed by atoms with Crippen LogP contribution >= 0.6 is 0 Å². The predicted octanol–water partition coefficient (Wildman–Crippen LogP) is 2.71. The minimum atomic E-state index is -1.02. The number of ether oxygens (including phenoxy) is 1. The van der Waals surface area contributed by atoms with E-state index in [2.05, 4.69) is 5.32 Å². The van der Waals surface area contributed by atoms with E-state index in [4.69, 9.17) is 4.74 Å². The summed E-state index contributed by atoms with van der Waals surface area (Å²) in [6, 6.07) is 4.85. The zero-order chi connectivity index (χ0) is 22.3. The van der Waals surface area contributed by atoms with Gasteiger partial charge in [-0.1, -0.05) is 32.0 Å². The normalized spacial score (nSPS) is 27.4. The molecule has 1 saturated heterocycles. The number of likely N-dealkylation sites (tertiary alicyclic amines) is 1. The SMILES string of the molecule is CCc1cccc(CC)c1NC(=O)COC(=O)[C@H](C)N1C(=O)[C@H]2[C@@H]3CC[C@@H](C3)[C@@H]2C1=O. The van der Waals surface area contributed by atoms with Crippen LogP contribution in [0.25, 0.3) is 0 Å². The Morgan fingerprint density at radius 2 is 1.61 bits per heavy atom. The largest absolute Gasteiger partial charge is 0.454 e. The standard InChI is InChI=1S/C24H30N2O5/c1-4-14-7-6-8-15(5-2)21(14)25-18(27)12-31-24(30)13(3)26-22(28)19-16-9-10-17(11-16)20(19)23(26)29/h6-8,13,16-17,19-20H,4-5,9-12H2,1-3H3,(H,25,27)/t13-,16-,17+,19-,20-/m0/s1. The zero-order valence-electron chi connectivity index (χ0n) is 18.3. The maximum atomic E-state index is 12.9. The minimum absolute atomic E-state index is 0.249. The number of nitrogens with zero attached hydrogens (tertiary/aromatic N) is 1. The number of nitrogens with one attached hydrogen (secondary N) is 1. The maximum absolute atomic E-state index is 12.9. The van der Waals surface area contributed by atoms with Gasteiger partial charge in [-0.05, 0) is 62.0 Å². The second-order valence-electron chi connectivity index (χ2n) is 8.92. The molecule has 7 nitrogen and oxygen atoms in total. The van der Waals surface area contributed by atoms with Gasteiger partial charge >= 0.3 is 5.97 Å². The van der Waals surface area contributed by atoms with Crippen LogP contribution < -0.4 is 5.32 Å². The smallest absolute Gasteiger partial charge is 0.329 e. The Bertz CT molecular complexity index is 876. The summed E-state index contributed by atoms with van der Waals surface area (Å²) in [5.41, 5.74) is 2.79. The van der Waals surface area contributed by atoms with E-state index in [0.29, 0.717) is 0 Å². The van der Waals surface area contributed by atoms with Crippen molar-refractivity contribution in [3.8, 4) is 0 Å². The van der Waals surface area contributed by atoms with E-state index in [-0.39, 0.29) is 35.5 Å². The highest BCUT2D eigenvalue weighted by atomic mass is 16.5. The average molecular weight is 427 g/mol. The molecule has 1 aliphatic heterocycles. The number of rotatable bonds is 7. The third-order valence-corrected chi connectivity index (χ3v) is 7.30. The first-order valence-electron chi connectivity index (χ1n) is 11.3. The fourth-order valence-electron chi connectivity index (χ4n) is 5.75. The van der Waals surface area contributed by atoms with Gasteiger partial charge in [0.1, 0.15) is 6.04 Å². The van der Waals surface area contributed by atoms with Gasteiger partial charge in [0.25, 0.3) is 5.91 Å². The second-order valence-corrected chi connectivity index (χ2v) is 8.92. The number of amides is 3. The molecule has 1 aromatic carbocycles. The van der Waals surface area contributed by atoms with Gasteiger partial charge in [0.05, 0.1) is 11.8 Å². The quantitative estimate of drug-likeness (QED) is 0.535. The van der Waals surface area contributed by atoms with Crippen molar-refractivity contribution in [2.24, 2.45) is 23.7 Å². The molecule has 2 aliphatic carbocycles. The summed E-state index contributed by atoms with van der Waals surface area (Å²) < 4.78 is 5.19. The lowest BCUT2D eigenvalue weighted by atomic mass is 9.81. The van der Waals surface area contributed by atoms with Gasteiger partial charge in [0.2, 0.25) is 11.8 Å². The van der Waals surface area contributed by atoms with Crippen molar-refractivity contribution in [2.45, 2.75) is 58.9 Å². The number of hydrogen-bond acceptors (Lipinski definition) is 5. The monoisotopic (exact) mass is 426 g/mol. The lowest BCUT2D eigenvalue weighted by Crippen LogP contribution is -2.45. The number of benzene rings is 1. The molecule has 7 heteroatoms. The van der Waals surface area contributed by atoms with Crippen molar-refractivity contribution in [3.63, 3.8) is 0 Å². The Labute approximate surface area is 182 Å². The Hall–Kier alpha value is -2.70. The van der Waals surface area contributed by atoms with Crippen molar-refractivity contribution >= 4 is 29.4 Å². The first-order valence-corrected chi connectivity index (χ1v) is 11.3. The van der Waals surface area contributed by atoms with Crippen LogP contribution in [0.3, 0.4) is 0 Å². The number of anilines is 1. The Morgan fingerprint density at radius 3 is 2.13 bits per heavy atom. The summed E-state index contributed by atoms with van der Waals surface area (Å²) in [5.74, 6) is -1.70. The fraction of sp³-hybridized carbons (Fsp3) is 0.583. The van der Waals surface area contributed by atoms with E-state index in [1.54, 1.807) is 0 Å². The molecule has 166 valence electrons. The summed E-state index contributed by atoms with van der Waals surface area (Å²) in [4.78, 5) is 51.8. The van der Waals surface area contributed by atoms with Crippen molar-refractivity contribution in [3.05, 3.63) is 29.3 Å². The summed E-state index contributed by atoms with van der Waals surface area (Å²) >= 11 is 0. The summed E-state index contributed by atoms with van der Waals surface area (Å²) in [5, 5.41) is 2.85.